The molecule has 0 saturated carbocycles. The third kappa shape index (κ3) is 7.64. The minimum Gasteiger partial charge on any atom is -0.362 e. The van der Waals surface area contributed by atoms with Crippen molar-refractivity contribution in [1.29, 1.82) is 0 Å². The lowest BCUT2D eigenvalue weighted by Crippen LogP contribution is -2.19. The lowest BCUT2D eigenvalue weighted by molar-refractivity contribution is -0.335. The summed E-state index contributed by atoms with van der Waals surface area (Å²) in [5.74, 6) is 0. The van der Waals surface area contributed by atoms with Crippen molar-refractivity contribution in [3.05, 3.63) is 0 Å². The van der Waals surface area contributed by atoms with Crippen molar-refractivity contribution in [2.45, 2.75) is 12.7 Å². The first kappa shape index (κ1) is 8.64. The van der Waals surface area contributed by atoms with Gasteiger partial charge in [-0.05, 0) is 0 Å². The lowest BCUT2D eigenvalue weighted by atomic mass is 10.7. The number of aliphatic hydroxyl groups is 1. The molecule has 56 valence electrons. The number of hydrogen-bond acceptors (Lipinski definition) is 2. The zero-order valence-corrected chi connectivity index (χ0v) is 4.15. The molecule has 0 bridgehead atoms. The van der Waals surface area contributed by atoms with Gasteiger partial charge in [0.25, 0.3) is 0 Å². The normalized spacial score (nSPS) is 15.7. The zero-order chi connectivity index (χ0) is 7.49. The largest absolute Gasteiger partial charge is 0.522 e. The maximum atomic E-state index is 11.2. The van der Waals surface area contributed by atoms with Crippen LogP contribution in [0.3, 0.4) is 0 Å². The minimum atomic E-state index is -4.87. The van der Waals surface area contributed by atoms with Gasteiger partial charge in [0.15, 0.2) is 0 Å². The summed E-state index contributed by atoms with van der Waals surface area (Å²) in [5, 5.41) is 7.62. The number of halogens is 4. The highest BCUT2D eigenvalue weighted by atomic mass is 19.4. The van der Waals surface area contributed by atoms with Crippen LogP contribution < -0.4 is 0 Å². The Hall–Kier alpha value is -0.360. The van der Waals surface area contributed by atoms with E-state index >= 15 is 0 Å². The van der Waals surface area contributed by atoms with Crippen LogP contribution in [0, 0.1) is 0 Å². The maximum Gasteiger partial charge on any atom is 0.522 e. The molecule has 0 rings (SSSR count). The molecule has 0 aromatic rings. The monoisotopic (exact) mass is 148 g/mol. The molecule has 6 heteroatoms. The Morgan fingerprint density at radius 1 is 1.44 bits per heavy atom. The van der Waals surface area contributed by atoms with Crippen molar-refractivity contribution in [3.8, 4) is 0 Å². The van der Waals surface area contributed by atoms with Crippen molar-refractivity contribution in [1.82, 2.24) is 0 Å². The van der Waals surface area contributed by atoms with Crippen LogP contribution in [0.5, 0.6) is 0 Å². The molecule has 0 fully saturated rings. The van der Waals surface area contributed by atoms with Crippen molar-refractivity contribution in [2.75, 3.05) is 6.61 Å². The summed E-state index contributed by atoms with van der Waals surface area (Å²) < 4.78 is 46.8. The molecular formula is C3H4F4O2. The molecule has 0 aliphatic carbocycles. The smallest absolute Gasteiger partial charge is 0.362 e. The Labute approximate surface area is 48.0 Å². The molecule has 1 N–H and O–H groups in total. The predicted molar refractivity (Wildman–Crippen MR) is 19.1 cm³/mol. The first-order valence-corrected chi connectivity index (χ1v) is 1.94. The minimum absolute atomic E-state index is 1.37. The second kappa shape index (κ2) is 2.98. The van der Waals surface area contributed by atoms with Crippen LogP contribution in [0.15, 0.2) is 0 Å². The molecule has 2 nitrogen and oxygen atoms in total. The van der Waals surface area contributed by atoms with Gasteiger partial charge in [-0.15, -0.1) is 13.2 Å². The average molecular weight is 148 g/mol. The van der Waals surface area contributed by atoms with Gasteiger partial charge >= 0.3 is 6.36 Å². The van der Waals surface area contributed by atoms with Crippen molar-refractivity contribution in [2.24, 2.45) is 0 Å². The molecule has 0 amide bonds. The Bertz CT molecular complexity index is 78.4. The zero-order valence-electron chi connectivity index (χ0n) is 4.15. The van der Waals surface area contributed by atoms with Crippen LogP contribution in [0.25, 0.3) is 0 Å². The van der Waals surface area contributed by atoms with Gasteiger partial charge in [-0.25, -0.2) is 4.39 Å². The first-order valence-electron chi connectivity index (χ1n) is 1.94. The van der Waals surface area contributed by atoms with E-state index in [1.165, 1.54) is 0 Å². The van der Waals surface area contributed by atoms with Crippen LogP contribution >= 0.6 is 0 Å². The Morgan fingerprint density at radius 2 is 1.89 bits per heavy atom. The quantitative estimate of drug-likeness (QED) is 0.587. The fourth-order valence-corrected chi connectivity index (χ4v) is 0.163. The lowest BCUT2D eigenvalue weighted by Gasteiger charge is -2.05. The summed E-state index contributed by atoms with van der Waals surface area (Å²) in [5.41, 5.74) is 0. The number of ether oxygens (including phenoxy) is 1. The Kier molecular flexibility index (Phi) is 2.86. The molecular weight excluding hydrogens is 144 g/mol. The summed E-state index contributed by atoms with van der Waals surface area (Å²) in [6.45, 7) is -1.37. The van der Waals surface area contributed by atoms with E-state index < -0.39 is 19.3 Å². The summed E-state index contributed by atoms with van der Waals surface area (Å²) in [6.07, 6.45) is -7.45. The number of aliphatic hydroxyl groups excluding tert-OH is 1. The summed E-state index contributed by atoms with van der Waals surface area (Å²) in [4.78, 5) is 0. The van der Waals surface area contributed by atoms with E-state index in [2.05, 4.69) is 4.74 Å². The third-order valence-electron chi connectivity index (χ3n) is 0.385. The standard InChI is InChI=1S/C3H4F4O2/c4-2(8)1-9-3(5,6)7/h2,8H,1H2. The summed E-state index contributed by atoms with van der Waals surface area (Å²) in [6, 6.07) is 0. The van der Waals surface area contributed by atoms with Crippen LogP contribution in [0.2, 0.25) is 0 Å². The van der Waals surface area contributed by atoms with Gasteiger partial charge in [-0.2, -0.15) is 0 Å². The summed E-state index contributed by atoms with van der Waals surface area (Å²) >= 11 is 0. The molecule has 9 heavy (non-hydrogen) atoms. The third-order valence-corrected chi connectivity index (χ3v) is 0.385. The van der Waals surface area contributed by atoms with Crippen molar-refractivity contribution < 1.29 is 27.4 Å². The molecule has 1 atom stereocenters. The van der Waals surface area contributed by atoms with Crippen LogP contribution in [-0.2, 0) is 4.74 Å². The van der Waals surface area contributed by atoms with E-state index in [0.29, 0.717) is 0 Å². The SMILES string of the molecule is OC(F)COC(F)(F)F. The second-order valence-electron chi connectivity index (χ2n) is 1.19. The van der Waals surface area contributed by atoms with Gasteiger partial charge in [0.05, 0.1) is 0 Å². The van der Waals surface area contributed by atoms with Gasteiger partial charge in [-0.3, -0.25) is 4.74 Å². The van der Waals surface area contributed by atoms with Crippen LogP contribution in [0.1, 0.15) is 0 Å². The fourth-order valence-electron chi connectivity index (χ4n) is 0.163. The maximum absolute atomic E-state index is 11.2. The molecule has 0 aliphatic heterocycles. The van der Waals surface area contributed by atoms with Crippen LogP contribution in [0.4, 0.5) is 17.6 Å². The topological polar surface area (TPSA) is 29.5 Å². The number of alkyl halides is 4. The highest BCUT2D eigenvalue weighted by molar-refractivity contribution is 4.33. The van der Waals surface area contributed by atoms with Crippen molar-refractivity contribution >= 4 is 0 Å². The van der Waals surface area contributed by atoms with E-state index in [9.17, 15) is 17.6 Å². The summed E-state index contributed by atoms with van der Waals surface area (Å²) in [7, 11) is 0. The molecule has 0 saturated heterocycles. The molecule has 0 radical (unpaired) electrons. The highest BCUT2D eigenvalue weighted by Crippen LogP contribution is 2.16. The Balaban J connectivity index is 3.28. The molecule has 0 aromatic carbocycles. The highest BCUT2D eigenvalue weighted by Gasteiger charge is 2.29. The van der Waals surface area contributed by atoms with E-state index in [1.807, 2.05) is 0 Å². The fraction of sp³-hybridized carbons (Fsp3) is 1.00. The molecule has 0 aromatic heterocycles. The van der Waals surface area contributed by atoms with Gasteiger partial charge < -0.3 is 5.11 Å². The first-order chi connectivity index (χ1) is 3.92. The molecule has 0 heterocycles. The number of hydrogen-bond donors (Lipinski definition) is 1. The van der Waals surface area contributed by atoms with Gasteiger partial charge in [-0.1, -0.05) is 0 Å². The van der Waals surface area contributed by atoms with Crippen molar-refractivity contribution in [3.63, 3.8) is 0 Å². The number of rotatable bonds is 2. The van der Waals surface area contributed by atoms with E-state index in [1.54, 1.807) is 0 Å². The van der Waals surface area contributed by atoms with Gasteiger partial charge in [0.1, 0.15) is 6.61 Å². The molecule has 0 aliphatic rings. The van der Waals surface area contributed by atoms with Gasteiger partial charge in [0, 0.05) is 0 Å². The van der Waals surface area contributed by atoms with E-state index in [0.717, 1.165) is 0 Å². The second-order valence-corrected chi connectivity index (χ2v) is 1.19. The van der Waals surface area contributed by atoms with E-state index in [-0.39, 0.29) is 0 Å². The van der Waals surface area contributed by atoms with Gasteiger partial charge in [0.2, 0.25) is 6.36 Å². The van der Waals surface area contributed by atoms with E-state index in [4.69, 9.17) is 5.11 Å². The Morgan fingerprint density at radius 3 is 2.00 bits per heavy atom. The molecule has 0 spiro atoms. The van der Waals surface area contributed by atoms with Crippen LogP contribution in [-0.4, -0.2) is 24.4 Å². The molecule has 1 unspecified atom stereocenters. The average Bonchev–Trinajstić information content (AvgIpc) is 1.59. The predicted octanol–water partition coefficient (Wildman–Crippen LogP) is 0.811.